The molecule has 4 nitrogen and oxygen atoms in total. The van der Waals surface area contributed by atoms with Crippen LogP contribution < -0.4 is 11.1 Å². The summed E-state index contributed by atoms with van der Waals surface area (Å²) in [6.45, 7) is 1.67. The molecule has 0 saturated carbocycles. The highest BCUT2D eigenvalue weighted by molar-refractivity contribution is 6.04. The van der Waals surface area contributed by atoms with Crippen LogP contribution >= 0.6 is 0 Å². The second-order valence-electron chi connectivity index (χ2n) is 3.75. The van der Waals surface area contributed by atoms with Crippen LogP contribution in [0.4, 0.5) is 20.2 Å². The van der Waals surface area contributed by atoms with Gasteiger partial charge in [-0.25, -0.2) is 8.78 Å². The molecule has 0 radical (unpaired) electrons. The molecule has 0 aliphatic rings. The average molecular weight is 252 g/mol. The number of furan rings is 1. The van der Waals surface area contributed by atoms with E-state index in [0.717, 1.165) is 6.07 Å². The fraction of sp³-hybridized carbons (Fsp3) is 0.0833. The minimum atomic E-state index is -0.893. The van der Waals surface area contributed by atoms with Crippen LogP contribution in [0.1, 0.15) is 16.1 Å². The van der Waals surface area contributed by atoms with E-state index >= 15 is 0 Å². The number of carbonyl (C=O) groups excluding carboxylic acids is 1. The highest BCUT2D eigenvalue weighted by Crippen LogP contribution is 2.21. The third-order valence-corrected chi connectivity index (χ3v) is 2.33. The Morgan fingerprint density at radius 3 is 2.61 bits per heavy atom. The highest BCUT2D eigenvalue weighted by Gasteiger charge is 2.13. The Kier molecular flexibility index (Phi) is 3.01. The molecule has 6 heteroatoms. The average Bonchev–Trinajstić information content (AvgIpc) is 2.73. The van der Waals surface area contributed by atoms with E-state index in [9.17, 15) is 13.6 Å². The number of benzene rings is 1. The monoisotopic (exact) mass is 252 g/mol. The van der Waals surface area contributed by atoms with Gasteiger partial charge in [-0.05, 0) is 19.1 Å². The number of nitrogen functional groups attached to an aromatic ring is 1. The number of carbonyl (C=O) groups is 1. The van der Waals surface area contributed by atoms with Crippen LogP contribution in [0, 0.1) is 18.6 Å². The minimum absolute atomic E-state index is 0.183. The number of nitrogens with two attached hydrogens (primary N) is 1. The smallest absolute Gasteiger partial charge is 0.259 e. The topological polar surface area (TPSA) is 68.3 Å². The number of aryl methyl sites for hydroxylation is 1. The molecular weight excluding hydrogens is 242 g/mol. The number of hydrogen-bond acceptors (Lipinski definition) is 3. The second-order valence-corrected chi connectivity index (χ2v) is 3.75. The standard InChI is InChI=1S/C12H10F2N2O2/c1-6-2-7(5-18-6)12(17)16-11-4-10(15)8(13)3-9(11)14/h2-5H,15H2,1H3,(H,16,17). The van der Waals surface area contributed by atoms with Crippen molar-refractivity contribution >= 4 is 17.3 Å². The van der Waals surface area contributed by atoms with Gasteiger partial charge in [-0.15, -0.1) is 0 Å². The Morgan fingerprint density at radius 1 is 1.28 bits per heavy atom. The third-order valence-electron chi connectivity index (χ3n) is 2.33. The first kappa shape index (κ1) is 12.1. The van der Waals surface area contributed by atoms with Gasteiger partial charge in [0.2, 0.25) is 0 Å². The van der Waals surface area contributed by atoms with Crippen molar-refractivity contribution in [1.29, 1.82) is 0 Å². The zero-order valence-electron chi connectivity index (χ0n) is 9.46. The Hall–Kier alpha value is -2.37. The molecule has 2 aromatic rings. The molecule has 1 aromatic carbocycles. The van der Waals surface area contributed by atoms with Crippen molar-refractivity contribution in [3.63, 3.8) is 0 Å². The summed E-state index contributed by atoms with van der Waals surface area (Å²) < 4.78 is 31.3. The molecule has 0 bridgehead atoms. The number of anilines is 2. The van der Waals surface area contributed by atoms with Crippen molar-refractivity contribution in [2.75, 3.05) is 11.1 Å². The van der Waals surface area contributed by atoms with Crippen LogP contribution in [0.15, 0.2) is 28.9 Å². The van der Waals surface area contributed by atoms with E-state index in [0.29, 0.717) is 11.8 Å². The van der Waals surface area contributed by atoms with Gasteiger partial charge in [-0.2, -0.15) is 0 Å². The molecule has 0 unspecified atom stereocenters. The first-order valence-corrected chi connectivity index (χ1v) is 5.08. The molecular formula is C12H10F2N2O2. The zero-order valence-corrected chi connectivity index (χ0v) is 9.46. The first-order valence-electron chi connectivity index (χ1n) is 5.08. The summed E-state index contributed by atoms with van der Waals surface area (Å²) in [5.74, 6) is -1.77. The molecule has 0 saturated heterocycles. The molecule has 1 aromatic heterocycles. The fourth-order valence-corrected chi connectivity index (χ4v) is 1.42. The van der Waals surface area contributed by atoms with Crippen molar-refractivity contribution in [2.24, 2.45) is 0 Å². The molecule has 0 aliphatic carbocycles. The highest BCUT2D eigenvalue weighted by atomic mass is 19.1. The molecule has 94 valence electrons. The number of halogens is 2. The van der Waals surface area contributed by atoms with Crippen LogP contribution in [0.3, 0.4) is 0 Å². The number of hydrogen-bond donors (Lipinski definition) is 2. The maximum Gasteiger partial charge on any atom is 0.259 e. The van der Waals surface area contributed by atoms with E-state index < -0.39 is 17.5 Å². The number of amides is 1. The van der Waals surface area contributed by atoms with E-state index in [1.165, 1.54) is 12.3 Å². The Morgan fingerprint density at radius 2 is 2.00 bits per heavy atom. The van der Waals surface area contributed by atoms with Crippen LogP contribution in [0.5, 0.6) is 0 Å². The van der Waals surface area contributed by atoms with Gasteiger partial charge in [0, 0.05) is 6.07 Å². The van der Waals surface area contributed by atoms with Crippen molar-refractivity contribution in [3.05, 3.63) is 47.4 Å². The molecule has 0 spiro atoms. The van der Waals surface area contributed by atoms with Gasteiger partial charge in [0.1, 0.15) is 23.7 Å². The lowest BCUT2D eigenvalue weighted by Gasteiger charge is -2.06. The second kappa shape index (κ2) is 4.48. The van der Waals surface area contributed by atoms with Gasteiger partial charge >= 0.3 is 0 Å². The molecule has 2 rings (SSSR count). The van der Waals surface area contributed by atoms with E-state index in [4.69, 9.17) is 10.2 Å². The summed E-state index contributed by atoms with van der Waals surface area (Å²) in [5.41, 5.74) is 5.12. The quantitative estimate of drug-likeness (QED) is 0.807. The van der Waals surface area contributed by atoms with Gasteiger partial charge in [-0.1, -0.05) is 0 Å². The summed E-state index contributed by atoms with van der Waals surface area (Å²) in [6.07, 6.45) is 1.25. The van der Waals surface area contributed by atoms with Gasteiger partial charge in [0.15, 0.2) is 0 Å². The molecule has 3 N–H and O–H groups in total. The Balaban J connectivity index is 2.24. The lowest BCUT2D eigenvalue weighted by atomic mass is 10.2. The van der Waals surface area contributed by atoms with E-state index in [-0.39, 0.29) is 16.9 Å². The van der Waals surface area contributed by atoms with Crippen LogP contribution in [0.2, 0.25) is 0 Å². The van der Waals surface area contributed by atoms with Crippen molar-refractivity contribution in [1.82, 2.24) is 0 Å². The molecule has 1 heterocycles. The summed E-state index contributed by atoms with van der Waals surface area (Å²) in [4.78, 5) is 11.7. The van der Waals surface area contributed by atoms with E-state index in [1.54, 1.807) is 6.92 Å². The summed E-state index contributed by atoms with van der Waals surface area (Å²) in [7, 11) is 0. The molecule has 0 fully saturated rings. The molecule has 0 aliphatic heterocycles. The predicted octanol–water partition coefficient (Wildman–Crippen LogP) is 2.70. The van der Waals surface area contributed by atoms with Gasteiger partial charge < -0.3 is 15.5 Å². The predicted molar refractivity (Wildman–Crippen MR) is 62.2 cm³/mol. The number of nitrogens with one attached hydrogen (secondary N) is 1. The molecule has 1 amide bonds. The van der Waals surface area contributed by atoms with Gasteiger partial charge in [-0.3, -0.25) is 4.79 Å². The lowest BCUT2D eigenvalue weighted by Crippen LogP contribution is -2.12. The van der Waals surface area contributed by atoms with Crippen molar-refractivity contribution in [3.8, 4) is 0 Å². The lowest BCUT2D eigenvalue weighted by molar-refractivity contribution is 0.102. The van der Waals surface area contributed by atoms with Crippen LogP contribution in [-0.4, -0.2) is 5.91 Å². The van der Waals surface area contributed by atoms with Crippen LogP contribution in [-0.2, 0) is 0 Å². The summed E-state index contributed by atoms with van der Waals surface area (Å²) in [5, 5.41) is 2.29. The SMILES string of the molecule is Cc1cc(C(=O)Nc2cc(N)c(F)cc2F)co1. The Labute approximate surface area is 101 Å². The largest absolute Gasteiger partial charge is 0.469 e. The molecule has 0 atom stereocenters. The maximum absolute atomic E-state index is 13.4. The molecule has 18 heavy (non-hydrogen) atoms. The minimum Gasteiger partial charge on any atom is -0.469 e. The third kappa shape index (κ3) is 2.32. The normalized spacial score (nSPS) is 10.4. The van der Waals surface area contributed by atoms with Crippen LogP contribution in [0.25, 0.3) is 0 Å². The van der Waals surface area contributed by atoms with Crippen molar-refractivity contribution in [2.45, 2.75) is 6.92 Å². The van der Waals surface area contributed by atoms with Gasteiger partial charge in [0.05, 0.1) is 16.9 Å². The Bertz CT molecular complexity index is 608. The van der Waals surface area contributed by atoms with E-state index in [1.807, 2.05) is 0 Å². The first-order chi connectivity index (χ1) is 8.47. The fourth-order valence-electron chi connectivity index (χ4n) is 1.42. The van der Waals surface area contributed by atoms with E-state index in [2.05, 4.69) is 5.32 Å². The van der Waals surface area contributed by atoms with Gasteiger partial charge in [0.25, 0.3) is 5.91 Å². The van der Waals surface area contributed by atoms with Crippen molar-refractivity contribution < 1.29 is 18.0 Å². The number of rotatable bonds is 2. The zero-order chi connectivity index (χ0) is 13.3. The summed E-state index contributed by atoms with van der Waals surface area (Å²) >= 11 is 0. The maximum atomic E-state index is 13.4. The summed E-state index contributed by atoms with van der Waals surface area (Å²) in [6, 6.07) is 3.14.